The van der Waals surface area contributed by atoms with E-state index < -0.39 is 24.3 Å². The molecule has 12 nitrogen and oxygen atoms in total. The van der Waals surface area contributed by atoms with E-state index in [9.17, 15) is 19.2 Å². The molecule has 38 heavy (non-hydrogen) atoms. The number of nitrogens with zero attached hydrogens (tertiary/aromatic N) is 4. The Morgan fingerprint density at radius 2 is 1.16 bits per heavy atom. The van der Waals surface area contributed by atoms with E-state index in [1.807, 2.05) is 12.1 Å². The van der Waals surface area contributed by atoms with Crippen molar-refractivity contribution in [2.24, 2.45) is 10.2 Å². The van der Waals surface area contributed by atoms with E-state index >= 15 is 0 Å². The summed E-state index contributed by atoms with van der Waals surface area (Å²) >= 11 is 11.9. The van der Waals surface area contributed by atoms with Gasteiger partial charge in [0.25, 0.3) is 11.8 Å². The van der Waals surface area contributed by atoms with Gasteiger partial charge in [0.2, 0.25) is 0 Å². The number of likely N-dealkylation sites (N-methyl/N-ethyl adjacent to an activating group) is 2. The summed E-state index contributed by atoms with van der Waals surface area (Å²) in [5.41, 5.74) is 1.41. The van der Waals surface area contributed by atoms with Crippen LogP contribution in [0, 0.1) is 0 Å². The Hall–Kier alpha value is -4.16. The first kappa shape index (κ1) is 28.4. The van der Waals surface area contributed by atoms with Crippen molar-refractivity contribution < 1.29 is 28.7 Å². The number of hydrogen-bond donors (Lipinski definition) is 2. The van der Waals surface area contributed by atoms with Crippen molar-refractivity contribution in [3.63, 3.8) is 0 Å². The van der Waals surface area contributed by atoms with Gasteiger partial charge < -0.3 is 20.1 Å². The third kappa shape index (κ3) is 7.92. The van der Waals surface area contributed by atoms with Crippen molar-refractivity contribution in [3.05, 3.63) is 69.7 Å². The van der Waals surface area contributed by atoms with Crippen molar-refractivity contribution in [1.29, 1.82) is 0 Å². The van der Waals surface area contributed by atoms with Crippen LogP contribution in [0.3, 0.4) is 0 Å². The van der Waals surface area contributed by atoms with Gasteiger partial charge >= 0.3 is 12.2 Å². The zero-order valence-electron chi connectivity index (χ0n) is 20.3. The second-order valence-electron chi connectivity index (χ2n) is 7.85. The lowest BCUT2D eigenvalue weighted by atomic mass is 10.2. The van der Waals surface area contributed by atoms with Gasteiger partial charge in [-0.15, -0.1) is 0 Å². The molecule has 0 radical (unpaired) electrons. The zero-order valence-corrected chi connectivity index (χ0v) is 21.8. The second kappa shape index (κ2) is 13.4. The highest BCUT2D eigenvalue weighted by Crippen LogP contribution is 2.14. The lowest BCUT2D eigenvalue weighted by molar-refractivity contribution is -0.132. The van der Waals surface area contributed by atoms with Crippen LogP contribution in [0.1, 0.15) is 11.1 Å². The summed E-state index contributed by atoms with van der Waals surface area (Å²) in [5.74, 6) is -0.705. The average molecular weight is 563 g/mol. The fourth-order valence-electron chi connectivity index (χ4n) is 3.06. The summed E-state index contributed by atoms with van der Waals surface area (Å²) in [6.45, 7) is 0.0350. The number of hydrazone groups is 2. The number of hydrogen-bond acceptors (Lipinski definition) is 8. The number of carbonyl (C=O) groups excluding carboxylic acids is 4. The standard InChI is InChI=1S/2C12H12ClN3O3/c2*1-16(11(17)10-7-19-12(18)15-10)14-6-8-4-2-3-5-9(8)13/h2*2-6,10H,7H2,1H3,(H,15,18)/b2*14-6+/t2*10-/m11/s1. The number of carbonyl (C=O) groups is 4. The predicted octanol–water partition coefficient (Wildman–Crippen LogP) is 2.48. The largest absolute Gasteiger partial charge is 0.447 e. The fourth-order valence-corrected chi connectivity index (χ4v) is 3.43. The number of benzene rings is 2. The molecule has 0 aliphatic carbocycles. The van der Waals surface area contributed by atoms with E-state index in [1.165, 1.54) is 26.5 Å². The molecule has 2 aromatic carbocycles. The van der Waals surface area contributed by atoms with Crippen molar-refractivity contribution >= 4 is 59.6 Å². The minimum absolute atomic E-state index is 0.0175. The molecule has 2 heterocycles. The first-order valence-electron chi connectivity index (χ1n) is 11.1. The summed E-state index contributed by atoms with van der Waals surface area (Å²) in [7, 11) is 3.00. The number of cyclic esters (lactones) is 2. The summed E-state index contributed by atoms with van der Waals surface area (Å²) < 4.78 is 9.30. The number of alkyl carbamates (subject to hydrolysis) is 2. The number of rotatable bonds is 6. The van der Waals surface area contributed by atoms with Gasteiger partial charge in [0.1, 0.15) is 25.3 Å². The molecule has 2 atom stereocenters. The molecule has 4 rings (SSSR count). The van der Waals surface area contributed by atoms with Crippen molar-refractivity contribution in [2.45, 2.75) is 12.1 Å². The normalized spacial score (nSPS) is 18.2. The van der Waals surface area contributed by atoms with E-state index in [-0.39, 0.29) is 25.0 Å². The van der Waals surface area contributed by atoms with Crippen LogP contribution in [-0.4, -0.2) is 85.8 Å². The third-order valence-electron chi connectivity index (χ3n) is 5.13. The highest BCUT2D eigenvalue weighted by atomic mass is 35.5. The molecule has 2 fully saturated rings. The molecular weight excluding hydrogens is 539 g/mol. The second-order valence-corrected chi connectivity index (χ2v) is 8.66. The van der Waals surface area contributed by atoms with Gasteiger partial charge in [-0.3, -0.25) is 9.59 Å². The molecule has 0 unspecified atom stereocenters. The van der Waals surface area contributed by atoms with Gasteiger partial charge in [0.15, 0.2) is 0 Å². The Morgan fingerprint density at radius 1 is 0.789 bits per heavy atom. The van der Waals surface area contributed by atoms with Crippen LogP contribution in [0.4, 0.5) is 9.59 Å². The molecule has 14 heteroatoms. The highest BCUT2D eigenvalue weighted by Gasteiger charge is 2.31. The number of ether oxygens (including phenoxy) is 2. The lowest BCUT2D eigenvalue weighted by Gasteiger charge is -2.14. The molecule has 2 saturated heterocycles. The SMILES string of the molecule is CN(/N=C/c1ccccc1Cl)C(=O)[C@H]1COC(=O)N1.CN(/N=C/c1ccccc1Cl)C(=O)[C@H]1COC(=O)N1. The number of halogens is 2. The Labute approximate surface area is 228 Å². The first-order chi connectivity index (χ1) is 18.2. The lowest BCUT2D eigenvalue weighted by Crippen LogP contribution is -2.41. The van der Waals surface area contributed by atoms with Gasteiger partial charge in [-0.25, -0.2) is 19.6 Å². The third-order valence-corrected chi connectivity index (χ3v) is 5.82. The van der Waals surface area contributed by atoms with Gasteiger partial charge in [0, 0.05) is 35.3 Å². The van der Waals surface area contributed by atoms with Crippen molar-refractivity contribution in [1.82, 2.24) is 20.7 Å². The molecule has 4 amide bonds. The van der Waals surface area contributed by atoms with Crippen LogP contribution < -0.4 is 10.6 Å². The summed E-state index contributed by atoms with van der Waals surface area (Å²) in [6, 6.07) is 12.9. The topological polar surface area (TPSA) is 142 Å². The molecule has 0 bridgehead atoms. The average Bonchev–Trinajstić information content (AvgIpc) is 3.55. The predicted molar refractivity (Wildman–Crippen MR) is 140 cm³/mol. The molecule has 0 spiro atoms. The van der Waals surface area contributed by atoms with Gasteiger partial charge in [-0.1, -0.05) is 59.6 Å². The molecule has 2 aliphatic rings. The maximum Gasteiger partial charge on any atom is 0.407 e. The summed E-state index contributed by atoms with van der Waals surface area (Å²) in [4.78, 5) is 45.5. The van der Waals surface area contributed by atoms with Crippen LogP contribution in [0.15, 0.2) is 58.7 Å². The Balaban J connectivity index is 0.000000211. The molecule has 2 N–H and O–H groups in total. The maximum atomic E-state index is 11.9. The summed E-state index contributed by atoms with van der Waals surface area (Å²) in [5, 5.41) is 16.1. The monoisotopic (exact) mass is 562 g/mol. The van der Waals surface area contributed by atoms with E-state index in [1.54, 1.807) is 36.4 Å². The molecule has 2 aliphatic heterocycles. The van der Waals surface area contributed by atoms with E-state index in [0.29, 0.717) is 21.2 Å². The van der Waals surface area contributed by atoms with Crippen molar-refractivity contribution in [2.75, 3.05) is 27.3 Å². The van der Waals surface area contributed by atoms with Crippen LogP contribution in [0.25, 0.3) is 0 Å². The molecule has 0 saturated carbocycles. The van der Waals surface area contributed by atoms with Gasteiger partial charge in [-0.05, 0) is 12.1 Å². The van der Waals surface area contributed by atoms with E-state index in [0.717, 1.165) is 10.0 Å². The quantitative estimate of drug-likeness (QED) is 0.409. The molecule has 0 aromatic heterocycles. The van der Waals surface area contributed by atoms with E-state index in [4.69, 9.17) is 23.2 Å². The minimum atomic E-state index is -0.694. The van der Waals surface area contributed by atoms with Gasteiger partial charge in [0.05, 0.1) is 12.4 Å². The molecule has 2 aromatic rings. The summed E-state index contributed by atoms with van der Waals surface area (Å²) in [6.07, 6.45) is 1.78. The Morgan fingerprint density at radius 3 is 1.47 bits per heavy atom. The van der Waals surface area contributed by atoms with Crippen LogP contribution in [0.2, 0.25) is 10.0 Å². The Kier molecular flexibility index (Phi) is 10.0. The zero-order chi connectivity index (χ0) is 27.7. The smallest absolute Gasteiger partial charge is 0.407 e. The first-order valence-corrected chi connectivity index (χ1v) is 11.9. The minimum Gasteiger partial charge on any atom is -0.447 e. The van der Waals surface area contributed by atoms with Crippen LogP contribution >= 0.6 is 23.2 Å². The Bertz CT molecular complexity index is 1160. The number of nitrogens with one attached hydrogen (secondary N) is 2. The fraction of sp³-hybridized carbons (Fsp3) is 0.250. The van der Waals surface area contributed by atoms with Gasteiger partial charge in [-0.2, -0.15) is 10.2 Å². The van der Waals surface area contributed by atoms with Crippen LogP contribution in [-0.2, 0) is 19.1 Å². The van der Waals surface area contributed by atoms with Crippen LogP contribution in [0.5, 0.6) is 0 Å². The maximum absolute atomic E-state index is 11.9. The highest BCUT2D eigenvalue weighted by molar-refractivity contribution is 6.33. The molecule has 200 valence electrons. The molecular formula is C24H24Cl2N6O6. The van der Waals surface area contributed by atoms with E-state index in [2.05, 4.69) is 30.3 Å². The van der Waals surface area contributed by atoms with Crippen molar-refractivity contribution in [3.8, 4) is 0 Å². The number of amides is 4.